The molecule has 0 aliphatic carbocycles. The van der Waals surface area contributed by atoms with Crippen LogP contribution in [0.1, 0.15) is 88.9 Å². The number of unbranched alkanes of at least 4 members (excludes halogenated alkanes) is 1. The minimum Gasteiger partial charge on any atom is -0.494 e. The van der Waals surface area contributed by atoms with Gasteiger partial charge in [0.1, 0.15) is 41.0 Å². The molecular formula is C48H48F8N10O5S. The molecule has 3 amide bonds. The third-order valence-corrected chi connectivity index (χ3v) is 12.6. The lowest BCUT2D eigenvalue weighted by molar-refractivity contribution is -0.141. The maximum atomic E-state index is 15.9. The van der Waals surface area contributed by atoms with Gasteiger partial charge < -0.3 is 34.1 Å². The second-order valence-electron chi connectivity index (χ2n) is 18.7. The van der Waals surface area contributed by atoms with Gasteiger partial charge in [-0.2, -0.15) is 31.6 Å². The van der Waals surface area contributed by atoms with E-state index in [1.54, 1.807) is 23.6 Å². The number of nitrogens with one attached hydrogen (secondary N) is 2. The second-order valence-corrected chi connectivity index (χ2v) is 19.1. The average molecular weight is 1030 g/mol. The maximum absolute atomic E-state index is 15.9. The Balaban J connectivity index is 0.938. The van der Waals surface area contributed by atoms with Crippen molar-refractivity contribution < 1.29 is 59.0 Å². The van der Waals surface area contributed by atoms with Crippen molar-refractivity contribution in [3.05, 3.63) is 95.5 Å². The quantitative estimate of drug-likeness (QED) is 0.0582. The van der Waals surface area contributed by atoms with Gasteiger partial charge in [-0.05, 0) is 87.5 Å². The molecule has 15 nitrogen and oxygen atoms in total. The Labute approximate surface area is 413 Å². The Kier molecular flexibility index (Phi) is 14.9. The molecule has 2 aromatic carbocycles. The van der Waals surface area contributed by atoms with Crippen LogP contribution in [0, 0.1) is 28.4 Å². The van der Waals surface area contributed by atoms with Gasteiger partial charge in [-0.15, -0.1) is 0 Å². The number of imidazole rings is 2. The van der Waals surface area contributed by atoms with Gasteiger partial charge in [0.15, 0.2) is 16.7 Å². The molecule has 0 bridgehead atoms. The highest BCUT2D eigenvalue weighted by molar-refractivity contribution is 7.81. The Hall–Kier alpha value is -7.00. The molecule has 1 unspecified atom stereocenters. The zero-order valence-electron chi connectivity index (χ0n) is 39.6. The van der Waals surface area contributed by atoms with Crippen molar-refractivity contribution in [2.24, 2.45) is 12.5 Å². The lowest BCUT2D eigenvalue weighted by atomic mass is 9.85. The number of ether oxygens (including phenoxy) is 2. The third-order valence-electron chi connectivity index (χ3n) is 12.2. The summed E-state index contributed by atoms with van der Waals surface area (Å²) < 4.78 is 129. The molecule has 2 fully saturated rings. The highest BCUT2D eigenvalue weighted by atomic mass is 32.1. The van der Waals surface area contributed by atoms with Crippen LogP contribution in [-0.4, -0.2) is 90.2 Å². The number of aromatic amines is 1. The monoisotopic (exact) mass is 1030 g/mol. The molecule has 2 aliphatic heterocycles. The largest absolute Gasteiger partial charge is 0.494 e. The molecule has 3 aromatic heterocycles. The number of pyridine rings is 1. The fourth-order valence-corrected chi connectivity index (χ4v) is 9.11. The first-order chi connectivity index (χ1) is 33.7. The van der Waals surface area contributed by atoms with Gasteiger partial charge in [0.05, 0.1) is 77.5 Å². The van der Waals surface area contributed by atoms with E-state index in [0.29, 0.717) is 48.7 Å². The lowest BCUT2D eigenvalue weighted by Crippen LogP contribution is -2.55. The SMILES string of the molecule is Cn1cncc1-c1cnc(C2CCCN2C(=O)[C@@H](NC(=O)COCCCCOc2ccc(-c3ncc(N4C(=S)N(c5ccc(C#N)c(C(F)(F)F)c5F)C(=O)C4(C)C)cc3F)c(C(F)(F)F)c2)C(C)(C)C)[nH]1. The number of thiocarbonyl (C=S) groups is 1. The molecule has 2 saturated heterocycles. The van der Waals surface area contributed by atoms with Gasteiger partial charge in [0.25, 0.3) is 5.91 Å². The number of anilines is 2. The first-order valence-electron chi connectivity index (χ1n) is 22.4. The predicted molar refractivity (Wildman–Crippen MR) is 249 cm³/mol. The summed E-state index contributed by atoms with van der Waals surface area (Å²) >= 11 is 5.38. The van der Waals surface area contributed by atoms with Crippen LogP contribution in [0.4, 0.5) is 46.5 Å². The second kappa shape index (κ2) is 20.2. The summed E-state index contributed by atoms with van der Waals surface area (Å²) in [5.41, 5.74) is -7.78. The van der Waals surface area contributed by atoms with E-state index in [1.807, 2.05) is 32.4 Å². The van der Waals surface area contributed by atoms with Crippen LogP contribution in [0.25, 0.3) is 22.6 Å². The van der Waals surface area contributed by atoms with Crippen LogP contribution in [0.5, 0.6) is 5.75 Å². The summed E-state index contributed by atoms with van der Waals surface area (Å²) in [5, 5.41) is 11.4. The van der Waals surface area contributed by atoms with Crippen molar-refractivity contribution in [3.8, 4) is 34.5 Å². The number of hydrogen-bond acceptors (Lipinski definition) is 10. The Morgan fingerprint density at radius 1 is 1.00 bits per heavy atom. The highest BCUT2D eigenvalue weighted by Crippen LogP contribution is 2.44. The van der Waals surface area contributed by atoms with Crippen molar-refractivity contribution in [2.75, 3.05) is 36.2 Å². The normalized spacial score (nSPS) is 16.6. The molecule has 5 aromatic rings. The fourth-order valence-electron chi connectivity index (χ4n) is 8.60. The van der Waals surface area contributed by atoms with Crippen LogP contribution in [0.2, 0.25) is 0 Å². The van der Waals surface area contributed by atoms with E-state index in [2.05, 4.69) is 25.3 Å². The van der Waals surface area contributed by atoms with Gasteiger partial charge in [-0.3, -0.25) is 24.3 Å². The summed E-state index contributed by atoms with van der Waals surface area (Å²) in [4.78, 5) is 59.8. The third kappa shape index (κ3) is 10.6. The van der Waals surface area contributed by atoms with Gasteiger partial charge in [-0.1, -0.05) is 20.8 Å². The van der Waals surface area contributed by atoms with Crippen molar-refractivity contribution in [1.82, 2.24) is 34.7 Å². The van der Waals surface area contributed by atoms with E-state index >= 15 is 8.78 Å². The number of rotatable bonds is 15. The molecule has 2 aliphatic rings. The minimum absolute atomic E-state index is 0.0600. The molecule has 0 radical (unpaired) electrons. The molecular weight excluding hydrogens is 981 g/mol. The van der Waals surface area contributed by atoms with Crippen LogP contribution < -0.4 is 19.9 Å². The van der Waals surface area contributed by atoms with E-state index in [9.17, 15) is 40.7 Å². The molecule has 2 atom stereocenters. The smallest absolute Gasteiger partial charge is 0.420 e. The molecule has 7 rings (SSSR count). The number of amides is 3. The van der Waals surface area contributed by atoms with Gasteiger partial charge in [0.2, 0.25) is 11.8 Å². The molecule has 2 N–H and O–H groups in total. The average Bonchev–Trinajstić information content (AvgIpc) is 4.11. The number of nitrogens with zero attached hydrogens (tertiary/aromatic N) is 8. The molecule has 0 saturated carbocycles. The van der Waals surface area contributed by atoms with Crippen LogP contribution >= 0.6 is 12.2 Å². The number of alkyl halides is 6. The standard InChI is InChI=1S/C48H48F8N10O5S/c1-45(2,3)40(42(68)64-15-9-10-34(64)41-60-22-32(61-41)35-23-58-25-63(35)6)62-36(67)24-70-16-7-8-17-71-28-12-13-29(30(19-28)47(51,52)53)39-31(49)18-27(21-59-39)66-44(72)65(43(69)46(66,4)5)33-14-11-26(20-57)37(38(33)50)48(54,55)56/h11-14,18-19,21-23,25,34,40H,7-10,15-17,24H2,1-6H3,(H,60,61)(H,62,67)/t34?,40-/m1/s1. The van der Waals surface area contributed by atoms with Crippen molar-refractivity contribution >= 4 is 46.4 Å². The first-order valence-corrected chi connectivity index (χ1v) is 22.8. The number of hydrogen-bond donors (Lipinski definition) is 2. The molecule has 0 spiro atoms. The summed E-state index contributed by atoms with van der Waals surface area (Å²) in [6, 6.07) is 5.04. The summed E-state index contributed by atoms with van der Waals surface area (Å²) in [5.74, 6) is -4.63. The number of H-pyrrole nitrogens is 1. The van der Waals surface area contributed by atoms with E-state index in [-0.39, 0.29) is 43.2 Å². The number of carbonyl (C=O) groups is 3. The van der Waals surface area contributed by atoms with Crippen LogP contribution in [0.15, 0.2) is 61.3 Å². The van der Waals surface area contributed by atoms with E-state index in [4.69, 9.17) is 27.0 Å². The van der Waals surface area contributed by atoms with Crippen molar-refractivity contribution in [3.63, 3.8) is 0 Å². The maximum Gasteiger partial charge on any atom is 0.420 e. The number of nitriles is 1. The van der Waals surface area contributed by atoms with Crippen molar-refractivity contribution in [2.45, 2.75) is 90.3 Å². The van der Waals surface area contributed by atoms with Gasteiger partial charge >= 0.3 is 12.4 Å². The van der Waals surface area contributed by atoms with Gasteiger partial charge in [-0.25, -0.2) is 18.7 Å². The summed E-state index contributed by atoms with van der Waals surface area (Å²) in [6.07, 6.45) is -2.29. The summed E-state index contributed by atoms with van der Waals surface area (Å²) in [7, 11) is 1.86. The first kappa shape index (κ1) is 52.8. The Bertz CT molecular complexity index is 2940. The molecule has 72 heavy (non-hydrogen) atoms. The van der Waals surface area contributed by atoms with E-state index in [0.717, 1.165) is 47.1 Å². The van der Waals surface area contributed by atoms with Gasteiger partial charge in [0, 0.05) is 31.8 Å². The number of likely N-dealkylation sites (tertiary alicyclic amines) is 1. The Morgan fingerprint density at radius 2 is 1.72 bits per heavy atom. The zero-order valence-corrected chi connectivity index (χ0v) is 40.5. The lowest BCUT2D eigenvalue weighted by Gasteiger charge is -2.35. The number of aryl methyl sites for hydroxylation is 1. The van der Waals surface area contributed by atoms with Crippen LogP contribution in [0.3, 0.4) is 0 Å². The molecule has 382 valence electrons. The van der Waals surface area contributed by atoms with Crippen molar-refractivity contribution in [1.29, 1.82) is 5.26 Å². The summed E-state index contributed by atoms with van der Waals surface area (Å²) in [6.45, 7) is 8.20. The molecule has 24 heteroatoms. The van der Waals surface area contributed by atoms with Crippen LogP contribution in [-0.2, 0) is 38.5 Å². The predicted octanol–water partition coefficient (Wildman–Crippen LogP) is 9.05. The fraction of sp³-hybridized carbons (Fsp3) is 0.417. The topological polar surface area (TPSA) is 175 Å². The zero-order chi connectivity index (χ0) is 52.7. The number of halogens is 8. The Morgan fingerprint density at radius 3 is 2.36 bits per heavy atom. The number of benzene rings is 2. The number of aromatic nitrogens is 5. The van der Waals surface area contributed by atoms with E-state index < -0.39 is 91.5 Å². The molecule has 5 heterocycles. The highest BCUT2D eigenvalue weighted by Gasteiger charge is 2.52. The van der Waals surface area contributed by atoms with E-state index in [1.165, 1.54) is 26.0 Å². The minimum atomic E-state index is -5.33. The number of carbonyl (C=O) groups excluding carboxylic acids is 3.